The highest BCUT2D eigenvalue weighted by molar-refractivity contribution is 5.66. The molecule has 1 atom stereocenters. The fourth-order valence-corrected chi connectivity index (χ4v) is 3.68. The van der Waals surface area contributed by atoms with Gasteiger partial charge in [0.2, 0.25) is 0 Å². The highest BCUT2D eigenvalue weighted by Crippen LogP contribution is 2.31. The second-order valence-electron chi connectivity index (χ2n) is 7.31. The average molecular weight is 371 g/mol. The summed E-state index contributed by atoms with van der Waals surface area (Å²) >= 11 is 0. The predicted octanol–water partition coefficient (Wildman–Crippen LogP) is 5.45. The van der Waals surface area contributed by atoms with Gasteiger partial charge in [0.25, 0.3) is 5.89 Å². The third-order valence-corrected chi connectivity index (χ3v) is 5.26. The molecule has 1 fully saturated rings. The Labute approximate surface area is 160 Å². The Morgan fingerprint density at radius 3 is 2.67 bits per heavy atom. The minimum Gasteiger partial charge on any atom is -0.465 e. The molecule has 0 bridgehead atoms. The highest BCUT2D eigenvalue weighted by Gasteiger charge is 2.33. The third kappa shape index (κ3) is 5.08. The zero-order valence-corrected chi connectivity index (χ0v) is 16.1. The Bertz CT molecular complexity index is 727. The number of aromatic nitrogens is 2. The lowest BCUT2D eigenvalue weighted by molar-refractivity contribution is 0.138. The van der Waals surface area contributed by atoms with E-state index in [9.17, 15) is 9.90 Å². The molecular weight excluding hydrogens is 342 g/mol. The van der Waals surface area contributed by atoms with Gasteiger partial charge in [0, 0.05) is 12.1 Å². The first-order chi connectivity index (χ1) is 13.2. The first kappa shape index (κ1) is 19.4. The van der Waals surface area contributed by atoms with Crippen molar-refractivity contribution in [2.45, 2.75) is 70.8 Å². The summed E-state index contributed by atoms with van der Waals surface area (Å²) in [6, 6.07) is 7.95. The molecule has 2 heterocycles. The van der Waals surface area contributed by atoms with E-state index in [0.29, 0.717) is 18.3 Å². The molecule has 1 aromatic heterocycles. The Morgan fingerprint density at radius 1 is 1.19 bits per heavy atom. The summed E-state index contributed by atoms with van der Waals surface area (Å²) in [4.78, 5) is 17.1. The number of aryl methyl sites for hydroxylation is 1. The molecule has 1 unspecified atom stereocenters. The first-order valence-corrected chi connectivity index (χ1v) is 10.1. The van der Waals surface area contributed by atoms with Crippen molar-refractivity contribution in [2.24, 2.45) is 0 Å². The van der Waals surface area contributed by atoms with Gasteiger partial charge in [-0.25, -0.2) is 4.79 Å². The molecule has 0 aliphatic carbocycles. The summed E-state index contributed by atoms with van der Waals surface area (Å²) in [7, 11) is 0. The van der Waals surface area contributed by atoms with Crippen LogP contribution in [-0.4, -0.2) is 32.8 Å². The van der Waals surface area contributed by atoms with Crippen LogP contribution in [0.4, 0.5) is 4.79 Å². The van der Waals surface area contributed by atoms with Crippen LogP contribution in [0.1, 0.15) is 75.7 Å². The van der Waals surface area contributed by atoms with Crippen LogP contribution in [0, 0.1) is 0 Å². The SMILES string of the molecule is CCCCCCCCc1ccc(-c2nc(C3CCCN3C(=O)O)no2)cc1. The Morgan fingerprint density at radius 2 is 1.93 bits per heavy atom. The summed E-state index contributed by atoms with van der Waals surface area (Å²) in [6.45, 7) is 2.76. The van der Waals surface area contributed by atoms with Crippen molar-refractivity contribution in [1.82, 2.24) is 15.0 Å². The highest BCUT2D eigenvalue weighted by atomic mass is 16.5. The van der Waals surface area contributed by atoms with E-state index < -0.39 is 6.09 Å². The number of likely N-dealkylation sites (tertiary alicyclic amines) is 1. The first-order valence-electron chi connectivity index (χ1n) is 10.1. The van der Waals surface area contributed by atoms with Gasteiger partial charge in [-0.15, -0.1) is 0 Å². The molecule has 2 aromatic rings. The number of rotatable bonds is 9. The van der Waals surface area contributed by atoms with Gasteiger partial charge in [-0.1, -0.05) is 56.3 Å². The zero-order chi connectivity index (χ0) is 19.1. The molecule has 1 N–H and O–H groups in total. The number of nitrogens with zero attached hydrogens (tertiary/aromatic N) is 3. The Hall–Kier alpha value is -2.37. The maximum atomic E-state index is 11.3. The second-order valence-corrected chi connectivity index (χ2v) is 7.31. The van der Waals surface area contributed by atoms with Crippen LogP contribution >= 0.6 is 0 Å². The van der Waals surface area contributed by atoms with Crippen LogP contribution in [0.25, 0.3) is 11.5 Å². The molecule has 0 radical (unpaired) electrons. The predicted molar refractivity (Wildman–Crippen MR) is 104 cm³/mol. The molecule has 0 spiro atoms. The van der Waals surface area contributed by atoms with E-state index >= 15 is 0 Å². The smallest absolute Gasteiger partial charge is 0.407 e. The van der Waals surface area contributed by atoms with E-state index in [2.05, 4.69) is 29.2 Å². The Kier molecular flexibility index (Phi) is 6.85. The van der Waals surface area contributed by atoms with E-state index in [1.165, 1.54) is 49.0 Å². The van der Waals surface area contributed by atoms with Crippen molar-refractivity contribution in [3.8, 4) is 11.5 Å². The number of amides is 1. The molecular formula is C21H29N3O3. The van der Waals surface area contributed by atoms with Crippen LogP contribution in [0.2, 0.25) is 0 Å². The summed E-state index contributed by atoms with van der Waals surface area (Å²) < 4.78 is 5.39. The van der Waals surface area contributed by atoms with Crippen LogP contribution in [0.3, 0.4) is 0 Å². The van der Waals surface area contributed by atoms with Gasteiger partial charge in [-0.2, -0.15) is 4.98 Å². The van der Waals surface area contributed by atoms with Crippen molar-refractivity contribution in [1.29, 1.82) is 0 Å². The fraction of sp³-hybridized carbons (Fsp3) is 0.571. The molecule has 1 amide bonds. The Balaban J connectivity index is 1.55. The third-order valence-electron chi connectivity index (χ3n) is 5.26. The van der Waals surface area contributed by atoms with Crippen molar-refractivity contribution in [3.63, 3.8) is 0 Å². The van der Waals surface area contributed by atoms with Crippen molar-refractivity contribution < 1.29 is 14.4 Å². The lowest BCUT2D eigenvalue weighted by Gasteiger charge is -2.17. The molecule has 0 saturated carbocycles. The number of benzene rings is 1. The van der Waals surface area contributed by atoms with Gasteiger partial charge in [-0.3, -0.25) is 4.90 Å². The van der Waals surface area contributed by atoms with E-state index in [-0.39, 0.29) is 6.04 Å². The number of hydrogen-bond donors (Lipinski definition) is 1. The van der Waals surface area contributed by atoms with Crippen molar-refractivity contribution in [2.75, 3.05) is 6.54 Å². The fourth-order valence-electron chi connectivity index (χ4n) is 3.68. The maximum Gasteiger partial charge on any atom is 0.407 e. The van der Waals surface area contributed by atoms with Crippen molar-refractivity contribution >= 4 is 6.09 Å². The molecule has 3 rings (SSSR count). The largest absolute Gasteiger partial charge is 0.465 e. The van der Waals surface area contributed by atoms with Gasteiger partial charge in [0.05, 0.1) is 6.04 Å². The van der Waals surface area contributed by atoms with Gasteiger partial charge in [0.15, 0.2) is 5.82 Å². The van der Waals surface area contributed by atoms with E-state index in [0.717, 1.165) is 24.8 Å². The molecule has 27 heavy (non-hydrogen) atoms. The molecule has 6 heteroatoms. The van der Waals surface area contributed by atoms with Gasteiger partial charge >= 0.3 is 6.09 Å². The molecule has 1 aliphatic rings. The number of carbonyl (C=O) groups is 1. The van der Waals surface area contributed by atoms with Crippen LogP contribution in [-0.2, 0) is 6.42 Å². The lowest BCUT2D eigenvalue weighted by atomic mass is 10.0. The standard InChI is InChI=1S/C21H29N3O3/c1-2-3-4-5-6-7-9-16-11-13-17(14-12-16)20-22-19(23-27-20)18-10-8-15-24(18)21(25)26/h11-14,18H,2-10,15H2,1H3,(H,25,26). The van der Waals surface area contributed by atoms with Gasteiger partial charge in [-0.05, 0) is 43.4 Å². The van der Waals surface area contributed by atoms with Gasteiger partial charge < -0.3 is 9.63 Å². The van der Waals surface area contributed by atoms with Crippen LogP contribution < -0.4 is 0 Å². The minimum absolute atomic E-state index is 0.299. The zero-order valence-electron chi connectivity index (χ0n) is 16.1. The van der Waals surface area contributed by atoms with E-state index in [1.54, 1.807) is 0 Å². The lowest BCUT2D eigenvalue weighted by Crippen LogP contribution is -2.29. The monoisotopic (exact) mass is 371 g/mol. The quantitative estimate of drug-likeness (QED) is 0.593. The minimum atomic E-state index is -0.928. The van der Waals surface area contributed by atoms with E-state index in [1.807, 2.05) is 12.1 Å². The van der Waals surface area contributed by atoms with Gasteiger partial charge in [0.1, 0.15) is 0 Å². The van der Waals surface area contributed by atoms with Crippen molar-refractivity contribution in [3.05, 3.63) is 35.7 Å². The molecule has 146 valence electrons. The normalized spacial score (nSPS) is 16.8. The maximum absolute atomic E-state index is 11.3. The summed E-state index contributed by atoms with van der Waals surface area (Å²) in [5.74, 6) is 0.911. The topological polar surface area (TPSA) is 79.5 Å². The summed E-state index contributed by atoms with van der Waals surface area (Å²) in [5, 5.41) is 13.3. The average Bonchev–Trinajstić information content (AvgIpc) is 3.34. The number of unbranched alkanes of at least 4 members (excludes halogenated alkanes) is 5. The molecule has 6 nitrogen and oxygen atoms in total. The van der Waals surface area contributed by atoms with E-state index in [4.69, 9.17) is 4.52 Å². The van der Waals surface area contributed by atoms with Crippen LogP contribution in [0.5, 0.6) is 0 Å². The molecule has 1 saturated heterocycles. The number of hydrogen-bond acceptors (Lipinski definition) is 4. The summed E-state index contributed by atoms with van der Waals surface area (Å²) in [5.41, 5.74) is 2.20. The molecule has 1 aliphatic heterocycles. The second kappa shape index (κ2) is 9.53. The van der Waals surface area contributed by atoms with Crippen LogP contribution in [0.15, 0.2) is 28.8 Å². The summed E-state index contributed by atoms with van der Waals surface area (Å²) in [6.07, 6.45) is 9.54. The molecule has 1 aromatic carbocycles. The number of carboxylic acid groups (broad SMARTS) is 1.